The molecule has 26 heavy (non-hydrogen) atoms. The molecule has 6 N–H and O–H groups in total. The average Bonchev–Trinajstić information content (AvgIpc) is 2.63. The average molecular weight is 362 g/mol. The van der Waals surface area contributed by atoms with Gasteiger partial charge in [-0.15, -0.1) is 0 Å². The minimum absolute atomic E-state index is 0. The lowest BCUT2D eigenvalue weighted by Gasteiger charge is -2.13. The molecule has 0 saturated carbocycles. The van der Waals surface area contributed by atoms with Crippen molar-refractivity contribution in [1.29, 1.82) is 0 Å². The molecule has 2 aromatic carbocycles. The summed E-state index contributed by atoms with van der Waals surface area (Å²) in [6, 6.07) is 11.7. The highest BCUT2D eigenvalue weighted by Crippen LogP contribution is 2.27. The Labute approximate surface area is 153 Å². The van der Waals surface area contributed by atoms with E-state index < -0.39 is 6.04 Å². The van der Waals surface area contributed by atoms with E-state index in [1.807, 2.05) is 18.2 Å². The van der Waals surface area contributed by atoms with Crippen LogP contribution in [0.1, 0.15) is 11.1 Å². The van der Waals surface area contributed by atoms with Gasteiger partial charge >= 0.3 is 0 Å². The number of amides is 1. The first-order valence-corrected chi connectivity index (χ1v) is 8.05. The zero-order chi connectivity index (χ0) is 18.2. The zero-order valence-electron chi connectivity index (χ0n) is 15.0. The Morgan fingerprint density at radius 2 is 1.69 bits per heavy atom. The minimum atomic E-state index is -0.630. The van der Waals surface area contributed by atoms with Crippen LogP contribution in [-0.4, -0.2) is 43.3 Å². The van der Waals surface area contributed by atoms with Crippen molar-refractivity contribution < 1.29 is 24.9 Å². The maximum Gasteiger partial charge on any atom is 0.237 e. The van der Waals surface area contributed by atoms with E-state index in [4.69, 9.17) is 15.2 Å². The van der Waals surface area contributed by atoms with E-state index in [0.717, 1.165) is 11.1 Å². The first-order valence-electron chi connectivity index (χ1n) is 8.05. The molecule has 0 heterocycles. The lowest BCUT2D eigenvalue weighted by molar-refractivity contribution is -0.122. The molecular formula is C19H26N2O5. The largest absolute Gasteiger partial charge is 0.508 e. The molecule has 0 radical (unpaired) electrons. The van der Waals surface area contributed by atoms with Crippen molar-refractivity contribution in [1.82, 2.24) is 5.32 Å². The monoisotopic (exact) mass is 362 g/mol. The lowest BCUT2D eigenvalue weighted by Crippen LogP contribution is -2.42. The number of aromatic hydroxyl groups is 1. The predicted octanol–water partition coefficient (Wildman–Crippen LogP) is 0.813. The maximum absolute atomic E-state index is 12.1. The molecule has 1 atom stereocenters. The maximum atomic E-state index is 12.1. The Hall–Kier alpha value is -2.77. The normalized spacial score (nSPS) is 11.2. The van der Waals surface area contributed by atoms with Crippen LogP contribution >= 0.6 is 0 Å². The van der Waals surface area contributed by atoms with Gasteiger partial charge in [0.25, 0.3) is 0 Å². The van der Waals surface area contributed by atoms with Gasteiger partial charge in [-0.25, -0.2) is 0 Å². The molecular weight excluding hydrogens is 336 g/mol. The summed E-state index contributed by atoms with van der Waals surface area (Å²) in [5.74, 6) is 1.33. The number of phenolic OH excluding ortho intramolecular Hbond substituents is 1. The van der Waals surface area contributed by atoms with E-state index >= 15 is 0 Å². The van der Waals surface area contributed by atoms with E-state index in [1.54, 1.807) is 38.5 Å². The van der Waals surface area contributed by atoms with Gasteiger partial charge in [0.1, 0.15) is 5.75 Å². The number of hydrogen-bond acceptors (Lipinski definition) is 5. The van der Waals surface area contributed by atoms with Crippen LogP contribution in [0.5, 0.6) is 17.2 Å². The van der Waals surface area contributed by atoms with Gasteiger partial charge in [0.15, 0.2) is 11.5 Å². The van der Waals surface area contributed by atoms with Crippen molar-refractivity contribution >= 4 is 5.91 Å². The molecule has 1 amide bonds. The molecule has 0 aliphatic heterocycles. The fraction of sp³-hybridized carbons (Fsp3) is 0.316. The molecule has 142 valence electrons. The molecule has 0 spiro atoms. The van der Waals surface area contributed by atoms with Crippen molar-refractivity contribution in [3.8, 4) is 17.2 Å². The summed E-state index contributed by atoms with van der Waals surface area (Å²) < 4.78 is 10.5. The second kappa shape index (κ2) is 10.3. The predicted molar refractivity (Wildman–Crippen MR) is 99.7 cm³/mol. The van der Waals surface area contributed by atoms with E-state index in [0.29, 0.717) is 30.9 Å². The zero-order valence-corrected chi connectivity index (χ0v) is 15.0. The van der Waals surface area contributed by atoms with Crippen LogP contribution in [0.15, 0.2) is 42.5 Å². The minimum Gasteiger partial charge on any atom is -0.508 e. The number of carbonyl (C=O) groups excluding carboxylic acids is 1. The van der Waals surface area contributed by atoms with Crippen molar-refractivity contribution in [3.63, 3.8) is 0 Å². The fourth-order valence-electron chi connectivity index (χ4n) is 2.48. The number of benzene rings is 2. The molecule has 0 aliphatic carbocycles. The van der Waals surface area contributed by atoms with Gasteiger partial charge in [-0.2, -0.15) is 0 Å². The highest BCUT2D eigenvalue weighted by molar-refractivity contribution is 5.81. The molecule has 0 unspecified atom stereocenters. The summed E-state index contributed by atoms with van der Waals surface area (Å²) >= 11 is 0. The molecule has 0 saturated heterocycles. The van der Waals surface area contributed by atoms with E-state index in [-0.39, 0.29) is 17.1 Å². The Balaban J connectivity index is 0.00000338. The third-order valence-corrected chi connectivity index (χ3v) is 3.89. The van der Waals surface area contributed by atoms with Crippen molar-refractivity contribution in [3.05, 3.63) is 53.6 Å². The first kappa shape index (κ1) is 21.3. The standard InChI is InChI=1S/C19H24N2O4.H2O/c1-24-17-8-5-14(12-18(17)25-2)9-10-21-19(23)16(20)11-13-3-6-15(22)7-4-13;/h3-8,12,16,22H,9-11,20H2,1-2H3,(H,21,23);1H2/t16-;/m0./s1. The molecule has 0 fully saturated rings. The summed E-state index contributed by atoms with van der Waals surface area (Å²) in [7, 11) is 3.18. The highest BCUT2D eigenvalue weighted by Gasteiger charge is 2.13. The fourth-order valence-corrected chi connectivity index (χ4v) is 2.48. The summed E-state index contributed by atoms with van der Waals surface area (Å²) in [6.07, 6.45) is 1.08. The second-order valence-corrected chi connectivity index (χ2v) is 5.71. The Kier molecular flexibility index (Phi) is 8.41. The molecule has 0 aliphatic rings. The molecule has 7 heteroatoms. The highest BCUT2D eigenvalue weighted by atomic mass is 16.5. The van der Waals surface area contributed by atoms with Crippen LogP contribution in [-0.2, 0) is 17.6 Å². The quantitative estimate of drug-likeness (QED) is 0.641. The third kappa shape index (κ3) is 5.94. The second-order valence-electron chi connectivity index (χ2n) is 5.71. The number of carbonyl (C=O) groups is 1. The van der Waals surface area contributed by atoms with Gasteiger partial charge in [-0.3, -0.25) is 4.79 Å². The molecule has 0 aromatic heterocycles. The molecule has 2 aromatic rings. The number of rotatable bonds is 8. The molecule has 2 rings (SSSR count). The number of hydrogen-bond donors (Lipinski definition) is 3. The number of phenols is 1. The number of nitrogens with two attached hydrogens (primary N) is 1. The van der Waals surface area contributed by atoms with Crippen LogP contribution < -0.4 is 20.5 Å². The van der Waals surface area contributed by atoms with Gasteiger partial charge in [-0.05, 0) is 48.2 Å². The Morgan fingerprint density at radius 1 is 1.08 bits per heavy atom. The van der Waals surface area contributed by atoms with Crippen LogP contribution in [0.2, 0.25) is 0 Å². The topological polar surface area (TPSA) is 125 Å². The summed E-state index contributed by atoms with van der Waals surface area (Å²) in [4.78, 5) is 12.1. The third-order valence-electron chi connectivity index (χ3n) is 3.89. The SMILES string of the molecule is COc1ccc(CCNC(=O)[C@@H](N)Cc2ccc(O)cc2)cc1OC.O. The number of methoxy groups -OCH3 is 2. The van der Waals surface area contributed by atoms with Crippen LogP contribution in [0.3, 0.4) is 0 Å². The first-order chi connectivity index (χ1) is 12.0. The smallest absolute Gasteiger partial charge is 0.237 e. The van der Waals surface area contributed by atoms with E-state index in [9.17, 15) is 9.90 Å². The van der Waals surface area contributed by atoms with Crippen molar-refractivity contribution in [2.24, 2.45) is 5.73 Å². The molecule has 7 nitrogen and oxygen atoms in total. The number of ether oxygens (including phenoxy) is 2. The summed E-state index contributed by atoms with van der Waals surface area (Å²) in [5, 5.41) is 12.1. The van der Waals surface area contributed by atoms with Crippen molar-refractivity contribution in [2.45, 2.75) is 18.9 Å². The Morgan fingerprint density at radius 3 is 2.31 bits per heavy atom. The number of nitrogens with one attached hydrogen (secondary N) is 1. The van der Waals surface area contributed by atoms with Gasteiger partial charge in [0, 0.05) is 6.54 Å². The van der Waals surface area contributed by atoms with E-state index in [1.165, 1.54) is 0 Å². The lowest BCUT2D eigenvalue weighted by atomic mass is 10.1. The van der Waals surface area contributed by atoms with Gasteiger partial charge < -0.3 is 31.1 Å². The summed E-state index contributed by atoms with van der Waals surface area (Å²) in [6.45, 7) is 0.484. The van der Waals surface area contributed by atoms with Crippen LogP contribution in [0.4, 0.5) is 0 Å². The van der Waals surface area contributed by atoms with Crippen LogP contribution in [0, 0.1) is 0 Å². The molecule has 0 bridgehead atoms. The van der Waals surface area contributed by atoms with Gasteiger partial charge in [0.2, 0.25) is 5.91 Å². The van der Waals surface area contributed by atoms with Crippen molar-refractivity contribution in [2.75, 3.05) is 20.8 Å². The van der Waals surface area contributed by atoms with Gasteiger partial charge in [-0.1, -0.05) is 18.2 Å². The van der Waals surface area contributed by atoms with Crippen LogP contribution in [0.25, 0.3) is 0 Å². The summed E-state index contributed by atoms with van der Waals surface area (Å²) in [5.41, 5.74) is 7.87. The van der Waals surface area contributed by atoms with E-state index in [2.05, 4.69) is 5.32 Å². The Bertz CT molecular complexity index is 704. The van der Waals surface area contributed by atoms with Gasteiger partial charge in [0.05, 0.1) is 20.3 Å².